The average Bonchev–Trinajstić information content (AvgIpc) is 2.72. The van der Waals surface area contributed by atoms with Gasteiger partial charge in [-0.05, 0) is 6.92 Å². The van der Waals surface area contributed by atoms with Crippen LogP contribution in [0.1, 0.15) is 18.5 Å². The Hall–Kier alpha value is -1.89. The lowest BCUT2D eigenvalue weighted by atomic mass is 10.1. The summed E-state index contributed by atoms with van der Waals surface area (Å²) < 4.78 is 1.56. The molecule has 17 heavy (non-hydrogen) atoms. The molecular weight excluding hydrogens is 222 g/mol. The summed E-state index contributed by atoms with van der Waals surface area (Å²) in [5, 5.41) is 8.96. The van der Waals surface area contributed by atoms with Crippen LogP contribution in [0.2, 0.25) is 0 Å². The van der Waals surface area contributed by atoms with Crippen LogP contribution in [-0.2, 0) is 16.6 Å². The standard InChI is InChI=1S/C10H17N5O2/c1-3-12-8(16)5-13-10(17)9(11)7-4-14-15(2)6-7/h4,6,9H,3,5,11H2,1-2H3,(H,12,16)(H,13,17). The predicted octanol–water partition coefficient (Wildman–Crippen LogP) is -1.33. The van der Waals surface area contributed by atoms with E-state index in [2.05, 4.69) is 15.7 Å². The molecule has 0 saturated carbocycles. The number of aromatic nitrogens is 2. The predicted molar refractivity (Wildman–Crippen MR) is 61.8 cm³/mol. The number of amides is 2. The zero-order chi connectivity index (χ0) is 12.8. The van der Waals surface area contributed by atoms with Gasteiger partial charge in [0.05, 0.1) is 12.7 Å². The number of hydrogen-bond donors (Lipinski definition) is 3. The van der Waals surface area contributed by atoms with Crippen LogP contribution in [0.4, 0.5) is 0 Å². The van der Waals surface area contributed by atoms with Crippen molar-refractivity contribution < 1.29 is 9.59 Å². The topological polar surface area (TPSA) is 102 Å². The van der Waals surface area contributed by atoms with E-state index in [0.717, 1.165) is 0 Å². The normalized spacial score (nSPS) is 11.9. The molecule has 1 aromatic rings. The van der Waals surface area contributed by atoms with E-state index in [0.29, 0.717) is 12.1 Å². The molecule has 1 atom stereocenters. The number of hydrogen-bond acceptors (Lipinski definition) is 4. The molecule has 1 aromatic heterocycles. The molecule has 0 aliphatic rings. The quantitative estimate of drug-likeness (QED) is 0.592. The highest BCUT2D eigenvalue weighted by Crippen LogP contribution is 2.07. The van der Waals surface area contributed by atoms with E-state index < -0.39 is 11.9 Å². The Bertz CT molecular complexity index is 401. The molecule has 0 spiro atoms. The molecule has 1 unspecified atom stereocenters. The lowest BCUT2D eigenvalue weighted by Gasteiger charge is -2.10. The van der Waals surface area contributed by atoms with Crippen molar-refractivity contribution in [3.63, 3.8) is 0 Å². The fourth-order valence-electron chi connectivity index (χ4n) is 1.29. The van der Waals surface area contributed by atoms with Crippen LogP contribution >= 0.6 is 0 Å². The van der Waals surface area contributed by atoms with Gasteiger partial charge in [-0.15, -0.1) is 0 Å². The second kappa shape index (κ2) is 6.00. The van der Waals surface area contributed by atoms with Crippen molar-refractivity contribution in [2.45, 2.75) is 13.0 Å². The monoisotopic (exact) mass is 239 g/mol. The molecule has 0 aliphatic heterocycles. The first-order valence-corrected chi connectivity index (χ1v) is 5.33. The van der Waals surface area contributed by atoms with Crippen LogP contribution in [0, 0.1) is 0 Å². The number of nitrogens with one attached hydrogen (secondary N) is 2. The molecule has 7 nitrogen and oxygen atoms in total. The zero-order valence-corrected chi connectivity index (χ0v) is 9.93. The molecule has 1 rings (SSSR count). The first kappa shape index (κ1) is 13.2. The van der Waals surface area contributed by atoms with Crippen LogP contribution in [0.25, 0.3) is 0 Å². The Morgan fingerprint density at radius 2 is 2.24 bits per heavy atom. The number of rotatable bonds is 5. The second-order valence-corrected chi connectivity index (χ2v) is 3.60. The SMILES string of the molecule is CCNC(=O)CNC(=O)C(N)c1cnn(C)c1. The van der Waals surface area contributed by atoms with E-state index >= 15 is 0 Å². The van der Waals surface area contributed by atoms with Gasteiger partial charge in [0.2, 0.25) is 11.8 Å². The van der Waals surface area contributed by atoms with Crippen molar-refractivity contribution in [1.29, 1.82) is 0 Å². The Kier molecular flexibility index (Phi) is 4.65. The number of nitrogens with zero attached hydrogens (tertiary/aromatic N) is 2. The molecule has 94 valence electrons. The summed E-state index contributed by atoms with van der Waals surface area (Å²) in [4.78, 5) is 22.7. The number of carbonyl (C=O) groups excluding carboxylic acids is 2. The highest BCUT2D eigenvalue weighted by molar-refractivity contribution is 5.87. The van der Waals surface area contributed by atoms with Gasteiger partial charge in [0.25, 0.3) is 0 Å². The van der Waals surface area contributed by atoms with Crippen molar-refractivity contribution in [3.05, 3.63) is 18.0 Å². The third kappa shape index (κ3) is 3.87. The van der Waals surface area contributed by atoms with Crippen LogP contribution in [0.15, 0.2) is 12.4 Å². The van der Waals surface area contributed by atoms with Gasteiger partial charge in [-0.1, -0.05) is 0 Å². The van der Waals surface area contributed by atoms with Crippen molar-refractivity contribution in [2.75, 3.05) is 13.1 Å². The summed E-state index contributed by atoms with van der Waals surface area (Å²) in [7, 11) is 1.74. The maximum absolute atomic E-state index is 11.6. The highest BCUT2D eigenvalue weighted by Gasteiger charge is 2.17. The summed E-state index contributed by atoms with van der Waals surface area (Å²) in [6.07, 6.45) is 3.19. The van der Waals surface area contributed by atoms with Gasteiger partial charge >= 0.3 is 0 Å². The van der Waals surface area contributed by atoms with E-state index in [-0.39, 0.29) is 12.5 Å². The van der Waals surface area contributed by atoms with Crippen molar-refractivity contribution in [2.24, 2.45) is 12.8 Å². The van der Waals surface area contributed by atoms with Crippen LogP contribution in [-0.4, -0.2) is 34.7 Å². The molecule has 1 heterocycles. The second-order valence-electron chi connectivity index (χ2n) is 3.60. The Labute approximate surface area is 99.4 Å². The minimum absolute atomic E-state index is 0.0688. The van der Waals surface area contributed by atoms with Crippen molar-refractivity contribution >= 4 is 11.8 Å². The van der Waals surface area contributed by atoms with Gasteiger partial charge in [-0.25, -0.2) is 0 Å². The lowest BCUT2D eigenvalue weighted by Crippen LogP contribution is -2.40. The molecule has 0 fully saturated rings. The van der Waals surface area contributed by atoms with Crippen molar-refractivity contribution in [1.82, 2.24) is 20.4 Å². The molecule has 7 heteroatoms. The molecule has 0 aromatic carbocycles. The molecule has 0 aliphatic carbocycles. The van der Waals surface area contributed by atoms with Crippen LogP contribution in [0.3, 0.4) is 0 Å². The minimum Gasteiger partial charge on any atom is -0.355 e. The van der Waals surface area contributed by atoms with Crippen LogP contribution in [0.5, 0.6) is 0 Å². The van der Waals surface area contributed by atoms with E-state index in [1.165, 1.54) is 6.20 Å². The number of nitrogens with two attached hydrogens (primary N) is 1. The number of aryl methyl sites for hydroxylation is 1. The number of carbonyl (C=O) groups is 2. The summed E-state index contributed by atoms with van der Waals surface area (Å²) in [6, 6.07) is -0.807. The fraction of sp³-hybridized carbons (Fsp3) is 0.500. The summed E-state index contributed by atoms with van der Waals surface area (Å²) >= 11 is 0. The third-order valence-corrected chi connectivity index (χ3v) is 2.16. The first-order valence-electron chi connectivity index (χ1n) is 5.33. The van der Waals surface area contributed by atoms with Gasteiger partial charge in [-0.3, -0.25) is 14.3 Å². The third-order valence-electron chi connectivity index (χ3n) is 2.16. The summed E-state index contributed by atoms with van der Waals surface area (Å²) in [5.74, 6) is -0.636. The van der Waals surface area contributed by atoms with Gasteiger partial charge in [-0.2, -0.15) is 5.10 Å². The number of likely N-dealkylation sites (N-methyl/N-ethyl adjacent to an activating group) is 1. The van der Waals surface area contributed by atoms with Crippen LogP contribution < -0.4 is 16.4 Å². The smallest absolute Gasteiger partial charge is 0.242 e. The summed E-state index contributed by atoms with van der Waals surface area (Å²) in [6.45, 7) is 2.27. The van der Waals surface area contributed by atoms with Gasteiger partial charge in [0.1, 0.15) is 6.04 Å². The minimum atomic E-state index is -0.807. The Morgan fingerprint density at radius 3 is 2.76 bits per heavy atom. The van der Waals surface area contributed by atoms with Crippen molar-refractivity contribution in [3.8, 4) is 0 Å². The van der Waals surface area contributed by atoms with E-state index in [1.807, 2.05) is 0 Å². The largest absolute Gasteiger partial charge is 0.355 e. The lowest BCUT2D eigenvalue weighted by molar-refractivity contribution is -0.126. The van der Waals surface area contributed by atoms with Gasteiger partial charge in [0.15, 0.2) is 0 Å². The van der Waals surface area contributed by atoms with Gasteiger partial charge < -0.3 is 16.4 Å². The average molecular weight is 239 g/mol. The van der Waals surface area contributed by atoms with Gasteiger partial charge in [0, 0.05) is 25.4 Å². The van der Waals surface area contributed by atoms with E-state index in [1.54, 1.807) is 24.9 Å². The first-order chi connectivity index (χ1) is 8.04. The molecular formula is C10H17N5O2. The maximum Gasteiger partial charge on any atom is 0.242 e. The highest BCUT2D eigenvalue weighted by atomic mass is 16.2. The fourth-order valence-corrected chi connectivity index (χ4v) is 1.29. The Balaban J connectivity index is 2.45. The molecule has 0 bridgehead atoms. The molecule has 4 N–H and O–H groups in total. The Morgan fingerprint density at radius 1 is 1.53 bits per heavy atom. The molecule has 0 saturated heterocycles. The zero-order valence-electron chi connectivity index (χ0n) is 9.93. The molecule has 0 radical (unpaired) electrons. The summed E-state index contributed by atoms with van der Waals surface area (Å²) in [5.41, 5.74) is 6.33. The molecule has 2 amide bonds. The van der Waals surface area contributed by atoms with E-state index in [9.17, 15) is 9.59 Å². The van der Waals surface area contributed by atoms with E-state index in [4.69, 9.17) is 5.73 Å². The maximum atomic E-state index is 11.6.